The van der Waals surface area contributed by atoms with E-state index in [1.54, 1.807) is 13.0 Å². The number of carboxylic acids is 1. The van der Waals surface area contributed by atoms with Crippen molar-refractivity contribution in [3.8, 4) is 0 Å². The molecule has 94 valence electrons. The molecule has 1 amide bonds. The molecule has 0 aliphatic heterocycles. The van der Waals surface area contributed by atoms with Crippen molar-refractivity contribution >= 4 is 11.9 Å². The molecular weight excluding hydrogens is 226 g/mol. The van der Waals surface area contributed by atoms with Gasteiger partial charge < -0.3 is 20.3 Å². The van der Waals surface area contributed by atoms with E-state index in [1.165, 1.54) is 6.92 Å². The summed E-state index contributed by atoms with van der Waals surface area (Å²) in [5.74, 6) is -0.765. The van der Waals surface area contributed by atoms with Crippen LogP contribution in [-0.4, -0.2) is 34.7 Å². The maximum Gasteiger partial charge on any atom is 0.327 e. The Balaban J connectivity index is 2.37. The lowest BCUT2D eigenvalue weighted by Gasteiger charge is -2.13. The molecular formula is C10H15N3O4. The summed E-state index contributed by atoms with van der Waals surface area (Å²) in [5.41, 5.74) is 0.689. The van der Waals surface area contributed by atoms with Gasteiger partial charge in [-0.15, -0.1) is 0 Å². The Morgan fingerprint density at radius 1 is 1.59 bits per heavy atom. The number of amides is 1. The average Bonchev–Trinajstić information content (AvgIpc) is 2.62. The Bertz CT molecular complexity index is 402. The van der Waals surface area contributed by atoms with Gasteiger partial charge in [0, 0.05) is 26.1 Å². The van der Waals surface area contributed by atoms with E-state index < -0.39 is 12.0 Å². The fourth-order valence-electron chi connectivity index (χ4n) is 1.29. The van der Waals surface area contributed by atoms with E-state index in [-0.39, 0.29) is 12.5 Å². The van der Waals surface area contributed by atoms with Crippen molar-refractivity contribution < 1.29 is 19.2 Å². The number of hydrogen-bond donors (Lipinski definition) is 3. The zero-order valence-corrected chi connectivity index (χ0v) is 9.69. The molecule has 0 saturated heterocycles. The van der Waals surface area contributed by atoms with Crippen molar-refractivity contribution in [1.29, 1.82) is 0 Å². The van der Waals surface area contributed by atoms with Crippen LogP contribution >= 0.6 is 0 Å². The van der Waals surface area contributed by atoms with Gasteiger partial charge in [-0.3, -0.25) is 4.79 Å². The third-order valence-corrected chi connectivity index (χ3v) is 2.01. The first-order chi connectivity index (χ1) is 7.99. The van der Waals surface area contributed by atoms with Crippen LogP contribution in [0.5, 0.6) is 0 Å². The average molecular weight is 241 g/mol. The first-order valence-electron chi connectivity index (χ1n) is 5.12. The van der Waals surface area contributed by atoms with E-state index in [9.17, 15) is 9.59 Å². The minimum absolute atomic E-state index is 0.126. The molecule has 0 fully saturated rings. The van der Waals surface area contributed by atoms with Crippen molar-refractivity contribution in [2.45, 2.75) is 26.4 Å². The summed E-state index contributed by atoms with van der Waals surface area (Å²) in [6.07, 6.45) is 0. The molecule has 1 aromatic heterocycles. The zero-order valence-electron chi connectivity index (χ0n) is 9.69. The summed E-state index contributed by atoms with van der Waals surface area (Å²) in [4.78, 5) is 21.6. The molecule has 1 atom stereocenters. The lowest BCUT2D eigenvalue weighted by Crippen LogP contribution is -2.46. The Kier molecular flexibility index (Phi) is 4.65. The van der Waals surface area contributed by atoms with Crippen molar-refractivity contribution in [1.82, 2.24) is 15.8 Å². The van der Waals surface area contributed by atoms with Crippen LogP contribution in [0.3, 0.4) is 0 Å². The highest BCUT2D eigenvalue weighted by atomic mass is 16.5. The van der Waals surface area contributed by atoms with Gasteiger partial charge in [-0.05, 0) is 6.92 Å². The number of rotatable bonds is 6. The van der Waals surface area contributed by atoms with E-state index in [1.807, 2.05) is 0 Å². The molecule has 0 spiro atoms. The van der Waals surface area contributed by atoms with Crippen LogP contribution in [0.15, 0.2) is 10.6 Å². The van der Waals surface area contributed by atoms with Crippen LogP contribution in [0.4, 0.5) is 0 Å². The number of nitrogens with zero attached hydrogens (tertiary/aromatic N) is 1. The standard InChI is InChI=1S/C10H15N3O4/c1-6-3-8(13-17-6)4-11-5-9(10(15)16)12-7(2)14/h3,9,11H,4-5H2,1-2H3,(H,12,14)(H,15,16). The van der Waals surface area contributed by atoms with Crippen LogP contribution in [0, 0.1) is 6.92 Å². The number of carbonyl (C=O) groups excluding carboxylic acids is 1. The lowest BCUT2D eigenvalue weighted by atomic mass is 10.3. The fraction of sp³-hybridized carbons (Fsp3) is 0.500. The molecule has 7 heteroatoms. The highest BCUT2D eigenvalue weighted by Gasteiger charge is 2.17. The molecule has 0 aromatic carbocycles. The molecule has 1 heterocycles. The van der Waals surface area contributed by atoms with Crippen molar-refractivity contribution in [3.63, 3.8) is 0 Å². The fourth-order valence-corrected chi connectivity index (χ4v) is 1.29. The summed E-state index contributed by atoms with van der Waals surface area (Å²) < 4.78 is 4.86. The van der Waals surface area contributed by atoms with Crippen LogP contribution in [0.25, 0.3) is 0 Å². The first-order valence-corrected chi connectivity index (χ1v) is 5.12. The minimum Gasteiger partial charge on any atom is -0.480 e. The zero-order chi connectivity index (χ0) is 12.8. The van der Waals surface area contributed by atoms with Gasteiger partial charge in [0.1, 0.15) is 11.8 Å². The second-order valence-electron chi connectivity index (χ2n) is 3.65. The molecule has 1 rings (SSSR count). The van der Waals surface area contributed by atoms with Gasteiger partial charge in [0.15, 0.2) is 0 Å². The quantitative estimate of drug-likeness (QED) is 0.629. The predicted octanol–water partition coefficient (Wildman–Crippen LogP) is -0.338. The van der Waals surface area contributed by atoms with Crippen molar-refractivity contribution in [2.24, 2.45) is 0 Å². The van der Waals surface area contributed by atoms with Crippen LogP contribution in [-0.2, 0) is 16.1 Å². The Morgan fingerprint density at radius 3 is 2.76 bits per heavy atom. The first kappa shape index (κ1) is 13.2. The van der Waals surface area contributed by atoms with Gasteiger partial charge in [0.2, 0.25) is 5.91 Å². The Morgan fingerprint density at radius 2 is 2.29 bits per heavy atom. The maximum atomic E-state index is 10.8. The van der Waals surface area contributed by atoms with Crippen LogP contribution in [0.1, 0.15) is 18.4 Å². The minimum atomic E-state index is -1.08. The summed E-state index contributed by atoms with van der Waals surface area (Å²) in [7, 11) is 0. The number of hydrogen-bond acceptors (Lipinski definition) is 5. The van der Waals surface area contributed by atoms with Crippen molar-refractivity contribution in [3.05, 3.63) is 17.5 Å². The summed E-state index contributed by atoms with van der Waals surface area (Å²) in [6, 6.07) is 0.807. The number of carboxylic acid groups (broad SMARTS) is 1. The van der Waals surface area contributed by atoms with E-state index in [0.717, 1.165) is 0 Å². The molecule has 17 heavy (non-hydrogen) atoms. The third-order valence-electron chi connectivity index (χ3n) is 2.01. The van der Waals surface area contributed by atoms with Gasteiger partial charge in [-0.25, -0.2) is 4.79 Å². The largest absolute Gasteiger partial charge is 0.480 e. The SMILES string of the molecule is CC(=O)NC(CNCc1cc(C)on1)C(=O)O. The molecule has 1 unspecified atom stereocenters. The van der Waals surface area contributed by atoms with Gasteiger partial charge >= 0.3 is 5.97 Å². The number of carbonyl (C=O) groups is 2. The van der Waals surface area contributed by atoms with E-state index >= 15 is 0 Å². The monoisotopic (exact) mass is 241 g/mol. The molecule has 1 aromatic rings. The number of nitrogens with one attached hydrogen (secondary N) is 2. The van der Waals surface area contributed by atoms with Gasteiger partial charge in [-0.2, -0.15) is 0 Å². The van der Waals surface area contributed by atoms with Crippen LogP contribution in [0.2, 0.25) is 0 Å². The summed E-state index contributed by atoms with van der Waals surface area (Å²) in [6.45, 7) is 3.56. The third kappa shape index (κ3) is 4.64. The second-order valence-corrected chi connectivity index (χ2v) is 3.65. The van der Waals surface area contributed by atoms with E-state index in [2.05, 4.69) is 15.8 Å². The molecule has 0 radical (unpaired) electrons. The topological polar surface area (TPSA) is 104 Å². The highest BCUT2D eigenvalue weighted by Crippen LogP contribution is 2.00. The summed E-state index contributed by atoms with van der Waals surface area (Å²) in [5, 5.41) is 17.8. The Labute approximate surface area is 98.2 Å². The van der Waals surface area contributed by atoms with E-state index in [4.69, 9.17) is 9.63 Å². The molecule has 0 saturated carbocycles. The molecule has 7 nitrogen and oxygen atoms in total. The maximum absolute atomic E-state index is 10.8. The predicted molar refractivity (Wildman–Crippen MR) is 58.2 cm³/mol. The van der Waals surface area contributed by atoms with Crippen molar-refractivity contribution in [2.75, 3.05) is 6.54 Å². The van der Waals surface area contributed by atoms with E-state index in [0.29, 0.717) is 18.0 Å². The number of aryl methyl sites for hydroxylation is 1. The van der Waals surface area contributed by atoms with Crippen LogP contribution < -0.4 is 10.6 Å². The molecule has 3 N–H and O–H groups in total. The van der Waals surface area contributed by atoms with Gasteiger partial charge in [0.05, 0.1) is 5.69 Å². The Hall–Kier alpha value is -1.89. The van der Waals surface area contributed by atoms with Gasteiger partial charge in [-0.1, -0.05) is 5.16 Å². The molecule has 0 bridgehead atoms. The highest BCUT2D eigenvalue weighted by molar-refractivity contribution is 5.82. The smallest absolute Gasteiger partial charge is 0.327 e. The van der Waals surface area contributed by atoms with Gasteiger partial charge in [0.25, 0.3) is 0 Å². The molecule has 0 aliphatic rings. The normalized spacial score (nSPS) is 12.1. The molecule has 0 aliphatic carbocycles. The number of aliphatic carboxylic acids is 1. The lowest BCUT2D eigenvalue weighted by molar-refractivity contribution is -0.141. The second kappa shape index (κ2) is 6.00. The summed E-state index contributed by atoms with van der Waals surface area (Å²) >= 11 is 0. The number of aromatic nitrogens is 1.